The third-order valence-corrected chi connectivity index (χ3v) is 2.28. The van der Waals surface area contributed by atoms with Crippen LogP contribution in [0.4, 0.5) is 0 Å². The molecule has 0 aliphatic rings. The smallest absolute Gasteiger partial charge is 0.548 e. The third-order valence-electron chi connectivity index (χ3n) is 2.28. The summed E-state index contributed by atoms with van der Waals surface area (Å²) in [6.07, 6.45) is 1.18. The van der Waals surface area contributed by atoms with Gasteiger partial charge in [0.1, 0.15) is 0 Å². The molecule has 1 atom stereocenters. The Bertz CT molecular complexity index is 459. The van der Waals surface area contributed by atoms with Crippen LogP contribution in [-0.2, 0) is 14.3 Å². The van der Waals surface area contributed by atoms with Crippen LogP contribution in [-0.4, -0.2) is 19.0 Å². The van der Waals surface area contributed by atoms with Gasteiger partial charge in [0.05, 0.1) is 19.1 Å². The number of esters is 1. The zero-order valence-corrected chi connectivity index (χ0v) is 14.3. The van der Waals surface area contributed by atoms with Gasteiger partial charge in [-0.3, -0.25) is 0 Å². The first-order valence-electron chi connectivity index (χ1n) is 5.33. The zero-order valence-electron chi connectivity index (χ0n) is 11.2. The fourth-order valence-electron chi connectivity index (χ4n) is 1.43. The molecule has 0 aromatic heterocycles. The SMILES string of the molecule is COC(=O)C=C(C)N[C@@H](C(=O)[O-])c1ccccc1.[K+]. The molecule has 1 aromatic rings. The second-order valence-corrected chi connectivity index (χ2v) is 3.66. The molecule has 0 fully saturated rings. The number of carbonyl (C=O) groups is 2. The summed E-state index contributed by atoms with van der Waals surface area (Å²) in [6, 6.07) is 7.57. The Morgan fingerprint density at radius 2 is 1.89 bits per heavy atom. The van der Waals surface area contributed by atoms with Gasteiger partial charge in [0.2, 0.25) is 0 Å². The van der Waals surface area contributed by atoms with Crippen LogP contribution < -0.4 is 61.8 Å². The minimum atomic E-state index is -1.26. The summed E-state index contributed by atoms with van der Waals surface area (Å²) >= 11 is 0. The Balaban J connectivity index is 0.00000324. The maximum atomic E-state index is 11.1. The van der Waals surface area contributed by atoms with E-state index < -0.39 is 18.0 Å². The molecule has 1 aromatic carbocycles. The maximum Gasteiger partial charge on any atom is 1.00 e. The van der Waals surface area contributed by atoms with Gasteiger partial charge in [0, 0.05) is 11.8 Å². The van der Waals surface area contributed by atoms with E-state index in [4.69, 9.17) is 0 Å². The van der Waals surface area contributed by atoms with E-state index in [1.165, 1.54) is 13.2 Å². The van der Waals surface area contributed by atoms with E-state index in [0.29, 0.717) is 11.3 Å². The van der Waals surface area contributed by atoms with E-state index in [9.17, 15) is 14.7 Å². The molecule has 5 nitrogen and oxygen atoms in total. The molecule has 1 N–H and O–H groups in total. The number of hydrogen-bond donors (Lipinski definition) is 1. The van der Waals surface area contributed by atoms with Crippen molar-refractivity contribution in [2.45, 2.75) is 13.0 Å². The monoisotopic (exact) mass is 287 g/mol. The standard InChI is InChI=1S/C13H15NO4.K/c1-9(8-11(15)18-2)14-12(13(16)17)10-6-4-3-5-7-10;/h3-8,12,14H,1-2H3,(H,16,17);/q;+1/p-1/t12-;/m1./s1. The summed E-state index contributed by atoms with van der Waals surface area (Å²) in [6.45, 7) is 1.58. The zero-order chi connectivity index (χ0) is 13.5. The van der Waals surface area contributed by atoms with Gasteiger partial charge in [-0.15, -0.1) is 0 Å². The topological polar surface area (TPSA) is 78.5 Å². The van der Waals surface area contributed by atoms with Crippen molar-refractivity contribution in [2.75, 3.05) is 7.11 Å². The first-order chi connectivity index (χ1) is 8.54. The Morgan fingerprint density at radius 3 is 2.37 bits per heavy atom. The molecule has 6 heteroatoms. The molecule has 0 saturated heterocycles. The average molecular weight is 287 g/mol. The summed E-state index contributed by atoms with van der Waals surface area (Å²) in [5.41, 5.74) is 0.940. The van der Waals surface area contributed by atoms with E-state index in [0.717, 1.165) is 0 Å². The second kappa shape index (κ2) is 9.27. The van der Waals surface area contributed by atoms with Crippen molar-refractivity contribution in [1.82, 2.24) is 5.32 Å². The molecule has 0 spiro atoms. The Morgan fingerprint density at radius 1 is 1.32 bits per heavy atom. The van der Waals surface area contributed by atoms with Crippen LogP contribution in [0.1, 0.15) is 18.5 Å². The summed E-state index contributed by atoms with van der Waals surface area (Å²) in [7, 11) is 1.25. The summed E-state index contributed by atoms with van der Waals surface area (Å²) in [5.74, 6) is -1.82. The molecule has 0 amide bonds. The number of aliphatic carboxylic acids is 1. The minimum absolute atomic E-state index is 0. The number of carboxylic acid groups (broad SMARTS) is 1. The third kappa shape index (κ3) is 6.35. The second-order valence-electron chi connectivity index (χ2n) is 3.66. The van der Waals surface area contributed by atoms with Gasteiger partial charge in [-0.05, 0) is 12.5 Å². The van der Waals surface area contributed by atoms with Crippen LogP contribution in [0.15, 0.2) is 42.1 Å². The number of hydrogen-bond acceptors (Lipinski definition) is 5. The molecular formula is C13H14KNO4. The van der Waals surface area contributed by atoms with E-state index in [-0.39, 0.29) is 51.4 Å². The first kappa shape index (κ1) is 18.3. The van der Waals surface area contributed by atoms with E-state index in [1.807, 2.05) is 0 Å². The fraction of sp³-hybridized carbons (Fsp3) is 0.231. The number of carboxylic acids is 1. The van der Waals surface area contributed by atoms with Crippen LogP contribution in [0.5, 0.6) is 0 Å². The van der Waals surface area contributed by atoms with Crippen molar-refractivity contribution < 1.29 is 70.8 Å². The van der Waals surface area contributed by atoms with Crippen molar-refractivity contribution in [1.29, 1.82) is 0 Å². The van der Waals surface area contributed by atoms with E-state index in [2.05, 4.69) is 10.1 Å². The molecule has 0 heterocycles. The molecule has 0 aliphatic heterocycles. The van der Waals surface area contributed by atoms with Gasteiger partial charge in [0.15, 0.2) is 0 Å². The van der Waals surface area contributed by atoms with Crippen LogP contribution in [0, 0.1) is 0 Å². The molecule has 0 saturated carbocycles. The number of methoxy groups -OCH3 is 1. The molecule has 19 heavy (non-hydrogen) atoms. The molecule has 0 radical (unpaired) electrons. The summed E-state index contributed by atoms with van der Waals surface area (Å²) in [5, 5.41) is 13.8. The number of carbonyl (C=O) groups excluding carboxylic acids is 2. The Hall–Kier alpha value is -0.664. The molecule has 0 unspecified atom stereocenters. The number of allylic oxidation sites excluding steroid dienone is 1. The average Bonchev–Trinajstić information content (AvgIpc) is 2.36. The van der Waals surface area contributed by atoms with Gasteiger partial charge < -0.3 is 20.0 Å². The molecule has 0 bridgehead atoms. The number of ether oxygens (including phenoxy) is 1. The normalized spacial score (nSPS) is 12.0. The maximum absolute atomic E-state index is 11.1. The summed E-state index contributed by atoms with van der Waals surface area (Å²) in [4.78, 5) is 22.1. The predicted molar refractivity (Wildman–Crippen MR) is 63.1 cm³/mol. The van der Waals surface area contributed by atoms with Crippen LogP contribution in [0.3, 0.4) is 0 Å². The molecule has 96 valence electrons. The van der Waals surface area contributed by atoms with E-state index >= 15 is 0 Å². The van der Waals surface area contributed by atoms with Gasteiger partial charge in [-0.1, -0.05) is 30.3 Å². The van der Waals surface area contributed by atoms with Gasteiger partial charge in [0.25, 0.3) is 0 Å². The molecule has 0 aliphatic carbocycles. The van der Waals surface area contributed by atoms with Crippen molar-refractivity contribution >= 4 is 11.9 Å². The Labute approximate surface area is 154 Å². The van der Waals surface area contributed by atoms with Crippen molar-refractivity contribution in [2.24, 2.45) is 0 Å². The number of benzene rings is 1. The number of nitrogens with one attached hydrogen (secondary N) is 1. The summed E-state index contributed by atoms with van der Waals surface area (Å²) < 4.78 is 4.45. The molecular weight excluding hydrogens is 273 g/mol. The predicted octanol–water partition coefficient (Wildman–Crippen LogP) is -2.85. The van der Waals surface area contributed by atoms with Crippen LogP contribution in [0.2, 0.25) is 0 Å². The quantitative estimate of drug-likeness (QED) is 0.358. The molecule has 1 rings (SSSR count). The van der Waals surface area contributed by atoms with Crippen LogP contribution in [0.25, 0.3) is 0 Å². The number of rotatable bonds is 5. The van der Waals surface area contributed by atoms with Gasteiger partial charge in [-0.25, -0.2) is 4.79 Å². The first-order valence-corrected chi connectivity index (χ1v) is 5.33. The largest absolute Gasteiger partial charge is 1.00 e. The van der Waals surface area contributed by atoms with Crippen molar-refractivity contribution in [3.8, 4) is 0 Å². The van der Waals surface area contributed by atoms with Gasteiger partial charge >= 0.3 is 57.4 Å². The Kier molecular flexibility index (Phi) is 8.95. The van der Waals surface area contributed by atoms with E-state index in [1.54, 1.807) is 37.3 Å². The van der Waals surface area contributed by atoms with Crippen molar-refractivity contribution in [3.63, 3.8) is 0 Å². The van der Waals surface area contributed by atoms with Crippen molar-refractivity contribution in [3.05, 3.63) is 47.7 Å². The van der Waals surface area contributed by atoms with Gasteiger partial charge in [-0.2, -0.15) is 0 Å². The van der Waals surface area contributed by atoms with Crippen LogP contribution >= 0.6 is 0 Å². The fourth-order valence-corrected chi connectivity index (χ4v) is 1.43. The minimum Gasteiger partial charge on any atom is -0.548 e.